The number of nitrogens with one attached hydrogen (secondary N) is 1. The Balaban J connectivity index is 1.79. The Kier molecular flexibility index (Phi) is 2.53. The number of amides is 1. The Bertz CT molecular complexity index is 497. The van der Waals surface area contributed by atoms with Crippen molar-refractivity contribution in [3.63, 3.8) is 0 Å². The van der Waals surface area contributed by atoms with Gasteiger partial charge < -0.3 is 5.32 Å². The van der Waals surface area contributed by atoms with E-state index in [4.69, 9.17) is 0 Å². The van der Waals surface area contributed by atoms with Crippen LogP contribution in [0.4, 0.5) is 0 Å². The van der Waals surface area contributed by atoms with Crippen LogP contribution in [-0.4, -0.2) is 11.9 Å². The van der Waals surface area contributed by atoms with Crippen molar-refractivity contribution in [1.29, 1.82) is 0 Å². The van der Waals surface area contributed by atoms with Crippen LogP contribution in [0.3, 0.4) is 0 Å². The van der Waals surface area contributed by atoms with E-state index in [1.54, 1.807) is 11.3 Å². The maximum atomic E-state index is 11.8. The van der Waals surface area contributed by atoms with Crippen molar-refractivity contribution in [3.8, 4) is 10.4 Å². The third-order valence-electron chi connectivity index (χ3n) is 2.54. The zero-order valence-corrected chi connectivity index (χ0v) is 10.2. The van der Waals surface area contributed by atoms with Gasteiger partial charge in [0, 0.05) is 21.9 Å². The average Bonchev–Trinajstić information content (AvgIpc) is 2.84. The van der Waals surface area contributed by atoms with Crippen molar-refractivity contribution in [3.05, 3.63) is 33.8 Å². The molecule has 0 radical (unpaired) electrons. The van der Waals surface area contributed by atoms with E-state index in [-0.39, 0.29) is 5.91 Å². The fourth-order valence-electron chi connectivity index (χ4n) is 1.51. The van der Waals surface area contributed by atoms with Crippen LogP contribution >= 0.6 is 22.7 Å². The normalized spacial score (nSPS) is 15.0. The molecule has 0 unspecified atom stereocenters. The van der Waals surface area contributed by atoms with Crippen LogP contribution in [-0.2, 0) is 0 Å². The van der Waals surface area contributed by atoms with E-state index < -0.39 is 0 Å². The summed E-state index contributed by atoms with van der Waals surface area (Å²) in [7, 11) is 0. The van der Waals surface area contributed by atoms with Gasteiger partial charge in [0.2, 0.25) is 0 Å². The molecule has 4 heteroatoms. The summed E-state index contributed by atoms with van der Waals surface area (Å²) in [5.74, 6) is 0.0790. The van der Waals surface area contributed by atoms with Crippen molar-refractivity contribution in [1.82, 2.24) is 5.32 Å². The smallest absolute Gasteiger partial charge is 0.261 e. The van der Waals surface area contributed by atoms with Crippen LogP contribution in [0.1, 0.15) is 22.5 Å². The maximum Gasteiger partial charge on any atom is 0.261 e. The lowest BCUT2D eigenvalue weighted by Crippen LogP contribution is -2.24. The van der Waals surface area contributed by atoms with Gasteiger partial charge in [-0.05, 0) is 30.4 Å². The molecule has 2 heterocycles. The topological polar surface area (TPSA) is 29.1 Å². The molecule has 1 saturated carbocycles. The Morgan fingerprint density at radius 2 is 2.25 bits per heavy atom. The molecule has 0 atom stereocenters. The van der Waals surface area contributed by atoms with Gasteiger partial charge in [-0.2, -0.15) is 0 Å². The summed E-state index contributed by atoms with van der Waals surface area (Å²) in [5, 5.41) is 7.11. The summed E-state index contributed by atoms with van der Waals surface area (Å²) in [5.41, 5.74) is 1.15. The van der Waals surface area contributed by atoms with Crippen LogP contribution in [0, 0.1) is 0 Å². The molecule has 0 spiro atoms. The molecule has 1 fully saturated rings. The van der Waals surface area contributed by atoms with Crippen LogP contribution < -0.4 is 5.32 Å². The average molecular weight is 249 g/mol. The summed E-state index contributed by atoms with van der Waals surface area (Å²) < 4.78 is 0. The highest BCUT2D eigenvalue weighted by Crippen LogP contribution is 2.29. The summed E-state index contributed by atoms with van der Waals surface area (Å²) in [4.78, 5) is 13.8. The predicted octanol–water partition coefficient (Wildman–Crippen LogP) is 3.37. The quantitative estimate of drug-likeness (QED) is 0.887. The first kappa shape index (κ1) is 10.1. The van der Waals surface area contributed by atoms with E-state index in [0.717, 1.165) is 23.3 Å². The van der Waals surface area contributed by atoms with Crippen LogP contribution in [0.15, 0.2) is 29.0 Å². The lowest BCUT2D eigenvalue weighted by Gasteiger charge is -1.98. The van der Waals surface area contributed by atoms with E-state index in [1.807, 2.05) is 17.5 Å². The maximum absolute atomic E-state index is 11.8. The summed E-state index contributed by atoms with van der Waals surface area (Å²) in [6.45, 7) is 0. The van der Waals surface area contributed by atoms with Crippen LogP contribution in [0.25, 0.3) is 10.4 Å². The van der Waals surface area contributed by atoms with Crippen molar-refractivity contribution in [2.75, 3.05) is 0 Å². The van der Waals surface area contributed by atoms with Gasteiger partial charge in [-0.3, -0.25) is 4.79 Å². The Labute approximate surface area is 102 Å². The third kappa shape index (κ3) is 2.03. The Morgan fingerprint density at radius 3 is 2.94 bits per heavy atom. The molecule has 82 valence electrons. The molecule has 0 saturated heterocycles. The van der Waals surface area contributed by atoms with Crippen molar-refractivity contribution in [2.45, 2.75) is 18.9 Å². The molecular formula is C12H11NOS2. The van der Waals surface area contributed by atoms with E-state index in [2.05, 4.69) is 16.8 Å². The Hall–Kier alpha value is -1.13. The van der Waals surface area contributed by atoms with Gasteiger partial charge in [0.05, 0.1) is 4.88 Å². The molecule has 16 heavy (non-hydrogen) atoms. The largest absolute Gasteiger partial charge is 0.349 e. The molecule has 2 aromatic rings. The number of carbonyl (C=O) groups excluding carboxylic acids is 1. The second kappa shape index (κ2) is 4.03. The fraction of sp³-hybridized carbons (Fsp3) is 0.250. The summed E-state index contributed by atoms with van der Waals surface area (Å²) >= 11 is 3.22. The molecule has 1 aliphatic carbocycles. The zero-order chi connectivity index (χ0) is 11.0. The van der Waals surface area contributed by atoms with Gasteiger partial charge in [0.1, 0.15) is 0 Å². The minimum atomic E-state index is 0.0790. The molecule has 1 amide bonds. The molecule has 2 nitrogen and oxygen atoms in total. The third-order valence-corrected chi connectivity index (χ3v) is 4.39. The molecule has 0 bridgehead atoms. The zero-order valence-electron chi connectivity index (χ0n) is 8.60. The van der Waals surface area contributed by atoms with Crippen molar-refractivity contribution >= 4 is 28.6 Å². The molecule has 0 aromatic carbocycles. The fourth-order valence-corrected chi connectivity index (χ4v) is 3.11. The van der Waals surface area contributed by atoms with Gasteiger partial charge in [0.15, 0.2) is 0 Å². The molecule has 1 aliphatic rings. The lowest BCUT2D eigenvalue weighted by atomic mass is 10.2. The SMILES string of the molecule is O=C(NC1CC1)c1cc(-c2cccs2)cs1. The van der Waals surface area contributed by atoms with E-state index in [1.165, 1.54) is 16.2 Å². The first-order valence-corrected chi connectivity index (χ1v) is 7.02. The molecule has 1 N–H and O–H groups in total. The van der Waals surface area contributed by atoms with E-state index >= 15 is 0 Å². The highest BCUT2D eigenvalue weighted by molar-refractivity contribution is 7.15. The Morgan fingerprint density at radius 1 is 1.38 bits per heavy atom. The monoisotopic (exact) mass is 249 g/mol. The molecule has 0 aliphatic heterocycles. The lowest BCUT2D eigenvalue weighted by molar-refractivity contribution is 0.0955. The van der Waals surface area contributed by atoms with E-state index in [0.29, 0.717) is 6.04 Å². The highest BCUT2D eigenvalue weighted by atomic mass is 32.1. The van der Waals surface area contributed by atoms with E-state index in [9.17, 15) is 4.79 Å². The molecular weight excluding hydrogens is 238 g/mol. The summed E-state index contributed by atoms with van der Waals surface area (Å²) in [6, 6.07) is 6.52. The van der Waals surface area contributed by atoms with Gasteiger partial charge in [-0.25, -0.2) is 0 Å². The van der Waals surface area contributed by atoms with Gasteiger partial charge >= 0.3 is 0 Å². The number of hydrogen-bond acceptors (Lipinski definition) is 3. The first-order valence-electron chi connectivity index (χ1n) is 5.26. The first-order chi connectivity index (χ1) is 7.83. The number of hydrogen-bond donors (Lipinski definition) is 1. The second-order valence-corrected chi connectivity index (χ2v) is 5.78. The van der Waals surface area contributed by atoms with Gasteiger partial charge in [0.25, 0.3) is 5.91 Å². The minimum Gasteiger partial charge on any atom is -0.349 e. The van der Waals surface area contributed by atoms with Crippen LogP contribution in [0.5, 0.6) is 0 Å². The second-order valence-electron chi connectivity index (χ2n) is 3.92. The standard InChI is InChI=1S/C12H11NOS2/c14-12(13-9-3-4-9)11-6-8(7-16-11)10-2-1-5-15-10/h1-2,5-7,9H,3-4H2,(H,13,14). The number of carbonyl (C=O) groups is 1. The van der Waals surface area contributed by atoms with Crippen molar-refractivity contribution < 1.29 is 4.79 Å². The predicted molar refractivity (Wildman–Crippen MR) is 68.1 cm³/mol. The summed E-state index contributed by atoms with van der Waals surface area (Å²) in [6.07, 6.45) is 2.27. The number of rotatable bonds is 3. The van der Waals surface area contributed by atoms with Crippen molar-refractivity contribution in [2.24, 2.45) is 0 Å². The molecule has 2 aromatic heterocycles. The minimum absolute atomic E-state index is 0.0790. The highest BCUT2D eigenvalue weighted by Gasteiger charge is 2.24. The number of thiophene rings is 2. The van der Waals surface area contributed by atoms with Gasteiger partial charge in [-0.15, -0.1) is 22.7 Å². The molecule has 3 rings (SSSR count). The van der Waals surface area contributed by atoms with Crippen LogP contribution in [0.2, 0.25) is 0 Å². The van der Waals surface area contributed by atoms with Gasteiger partial charge in [-0.1, -0.05) is 6.07 Å².